The molecule has 0 amide bonds. The SMILES string of the molecule is O=C(CC1CCCCC1)c1ccsc1Cl. The molecule has 1 heterocycles. The lowest BCUT2D eigenvalue weighted by Crippen LogP contribution is -2.11. The molecule has 1 nitrogen and oxygen atoms in total. The van der Waals surface area contributed by atoms with Crippen LogP contribution in [-0.4, -0.2) is 5.78 Å². The lowest BCUT2D eigenvalue weighted by atomic mass is 9.85. The van der Waals surface area contributed by atoms with E-state index in [4.69, 9.17) is 11.6 Å². The van der Waals surface area contributed by atoms with E-state index in [0.717, 1.165) is 5.56 Å². The predicted octanol–water partition coefficient (Wildman–Crippen LogP) is 4.55. The van der Waals surface area contributed by atoms with Crippen LogP contribution in [0.2, 0.25) is 4.34 Å². The largest absolute Gasteiger partial charge is 0.294 e. The molecule has 0 aromatic carbocycles. The van der Waals surface area contributed by atoms with E-state index in [1.807, 2.05) is 11.4 Å². The molecule has 82 valence electrons. The molecular formula is C12H15ClOS. The van der Waals surface area contributed by atoms with Crippen LogP contribution in [0.3, 0.4) is 0 Å². The summed E-state index contributed by atoms with van der Waals surface area (Å²) >= 11 is 7.39. The van der Waals surface area contributed by atoms with Crippen LogP contribution in [0.1, 0.15) is 48.9 Å². The van der Waals surface area contributed by atoms with Crippen molar-refractivity contribution in [3.63, 3.8) is 0 Å². The first kappa shape index (κ1) is 11.2. The minimum atomic E-state index is 0.230. The number of halogens is 1. The first-order chi connectivity index (χ1) is 7.27. The van der Waals surface area contributed by atoms with Crippen LogP contribution in [0, 0.1) is 5.92 Å². The lowest BCUT2D eigenvalue weighted by Gasteiger charge is -2.20. The summed E-state index contributed by atoms with van der Waals surface area (Å²) in [5, 5.41) is 1.89. The summed E-state index contributed by atoms with van der Waals surface area (Å²) in [6, 6.07) is 1.85. The number of hydrogen-bond acceptors (Lipinski definition) is 2. The van der Waals surface area contributed by atoms with Gasteiger partial charge < -0.3 is 0 Å². The maximum atomic E-state index is 11.9. The maximum Gasteiger partial charge on any atom is 0.165 e. The van der Waals surface area contributed by atoms with Crippen molar-refractivity contribution in [2.75, 3.05) is 0 Å². The fourth-order valence-corrected chi connectivity index (χ4v) is 3.21. The smallest absolute Gasteiger partial charge is 0.165 e. The second-order valence-electron chi connectivity index (χ2n) is 4.24. The highest BCUT2D eigenvalue weighted by atomic mass is 35.5. The summed E-state index contributed by atoms with van der Waals surface area (Å²) in [7, 11) is 0. The zero-order chi connectivity index (χ0) is 10.7. The van der Waals surface area contributed by atoms with Crippen LogP contribution in [0.5, 0.6) is 0 Å². The van der Waals surface area contributed by atoms with Crippen molar-refractivity contribution in [1.82, 2.24) is 0 Å². The van der Waals surface area contributed by atoms with Gasteiger partial charge in [-0.3, -0.25) is 4.79 Å². The normalized spacial score (nSPS) is 17.9. The van der Waals surface area contributed by atoms with Gasteiger partial charge in [0.05, 0.1) is 0 Å². The van der Waals surface area contributed by atoms with E-state index >= 15 is 0 Å². The monoisotopic (exact) mass is 242 g/mol. The average molecular weight is 243 g/mol. The molecule has 0 radical (unpaired) electrons. The van der Waals surface area contributed by atoms with Gasteiger partial charge >= 0.3 is 0 Å². The van der Waals surface area contributed by atoms with Crippen LogP contribution >= 0.6 is 22.9 Å². The van der Waals surface area contributed by atoms with Gasteiger partial charge in [0.1, 0.15) is 4.34 Å². The number of rotatable bonds is 3. The Morgan fingerprint density at radius 2 is 2.13 bits per heavy atom. The van der Waals surface area contributed by atoms with Crippen LogP contribution < -0.4 is 0 Å². The van der Waals surface area contributed by atoms with Crippen molar-refractivity contribution >= 4 is 28.7 Å². The lowest BCUT2D eigenvalue weighted by molar-refractivity contribution is 0.0951. The molecule has 15 heavy (non-hydrogen) atoms. The zero-order valence-corrected chi connectivity index (χ0v) is 10.2. The fraction of sp³-hybridized carbons (Fsp3) is 0.583. The van der Waals surface area contributed by atoms with Crippen LogP contribution in [0.25, 0.3) is 0 Å². The summed E-state index contributed by atoms with van der Waals surface area (Å²) in [6.07, 6.45) is 7.03. The first-order valence-corrected chi connectivity index (χ1v) is 6.79. The van der Waals surface area contributed by atoms with E-state index in [0.29, 0.717) is 16.7 Å². The summed E-state index contributed by atoms with van der Waals surface area (Å²) < 4.78 is 0.649. The second kappa shape index (κ2) is 5.13. The topological polar surface area (TPSA) is 17.1 Å². The van der Waals surface area contributed by atoms with Crippen LogP contribution in [0.4, 0.5) is 0 Å². The minimum absolute atomic E-state index is 0.230. The van der Waals surface area contributed by atoms with Crippen molar-refractivity contribution in [2.45, 2.75) is 38.5 Å². The third kappa shape index (κ3) is 2.82. The molecule has 1 aromatic rings. The minimum Gasteiger partial charge on any atom is -0.294 e. The third-order valence-electron chi connectivity index (χ3n) is 3.12. The predicted molar refractivity (Wildman–Crippen MR) is 64.9 cm³/mol. The molecule has 0 bridgehead atoms. The van der Waals surface area contributed by atoms with Gasteiger partial charge in [-0.15, -0.1) is 11.3 Å². The molecule has 0 saturated heterocycles. The Bertz CT molecular complexity index is 339. The Morgan fingerprint density at radius 3 is 2.73 bits per heavy atom. The van der Waals surface area contributed by atoms with Crippen molar-refractivity contribution in [1.29, 1.82) is 0 Å². The second-order valence-corrected chi connectivity index (χ2v) is 5.76. The van der Waals surface area contributed by atoms with Gasteiger partial charge in [0, 0.05) is 12.0 Å². The van der Waals surface area contributed by atoms with Gasteiger partial charge in [-0.25, -0.2) is 0 Å². The number of hydrogen-bond donors (Lipinski definition) is 0. The molecule has 0 unspecified atom stereocenters. The molecule has 0 N–H and O–H groups in total. The van der Waals surface area contributed by atoms with Gasteiger partial charge in [0.2, 0.25) is 0 Å². The number of carbonyl (C=O) groups excluding carboxylic acids is 1. The van der Waals surface area contributed by atoms with Gasteiger partial charge in [0.25, 0.3) is 0 Å². The summed E-state index contributed by atoms with van der Waals surface area (Å²) in [5.74, 6) is 0.829. The Morgan fingerprint density at radius 1 is 1.40 bits per heavy atom. The molecule has 1 aromatic heterocycles. The van der Waals surface area contributed by atoms with Gasteiger partial charge in [-0.1, -0.05) is 43.7 Å². The van der Waals surface area contributed by atoms with Crippen molar-refractivity contribution in [3.05, 3.63) is 21.3 Å². The van der Waals surface area contributed by atoms with E-state index in [-0.39, 0.29) is 5.78 Å². The molecule has 1 aliphatic carbocycles. The highest BCUT2D eigenvalue weighted by molar-refractivity contribution is 7.14. The van der Waals surface area contributed by atoms with E-state index < -0.39 is 0 Å². The van der Waals surface area contributed by atoms with Crippen LogP contribution in [-0.2, 0) is 0 Å². The van der Waals surface area contributed by atoms with Gasteiger partial charge in [0.15, 0.2) is 5.78 Å². The quantitative estimate of drug-likeness (QED) is 0.711. The molecule has 2 rings (SSSR count). The van der Waals surface area contributed by atoms with Crippen molar-refractivity contribution in [3.8, 4) is 0 Å². The summed E-state index contributed by atoms with van der Waals surface area (Å²) in [5.41, 5.74) is 0.729. The van der Waals surface area contributed by atoms with Crippen LogP contribution in [0.15, 0.2) is 11.4 Å². The van der Waals surface area contributed by atoms with Crippen molar-refractivity contribution in [2.24, 2.45) is 5.92 Å². The highest BCUT2D eigenvalue weighted by Gasteiger charge is 2.19. The summed E-state index contributed by atoms with van der Waals surface area (Å²) in [4.78, 5) is 11.9. The third-order valence-corrected chi connectivity index (χ3v) is 4.29. The average Bonchev–Trinajstić information content (AvgIpc) is 2.66. The Kier molecular flexibility index (Phi) is 3.81. The number of thiophene rings is 1. The number of ketones is 1. The van der Waals surface area contributed by atoms with E-state index in [2.05, 4.69) is 0 Å². The van der Waals surface area contributed by atoms with Crippen molar-refractivity contribution < 1.29 is 4.79 Å². The first-order valence-electron chi connectivity index (χ1n) is 5.53. The van der Waals surface area contributed by atoms with E-state index in [1.165, 1.54) is 43.4 Å². The van der Waals surface area contributed by atoms with Gasteiger partial charge in [-0.2, -0.15) is 0 Å². The maximum absolute atomic E-state index is 11.9. The summed E-state index contributed by atoms with van der Waals surface area (Å²) in [6.45, 7) is 0. The highest BCUT2D eigenvalue weighted by Crippen LogP contribution is 2.30. The standard InChI is InChI=1S/C12H15ClOS/c13-12-10(6-7-15-12)11(14)8-9-4-2-1-3-5-9/h6-7,9H,1-5,8H2. The molecule has 1 fully saturated rings. The Balaban J connectivity index is 1.94. The molecule has 1 saturated carbocycles. The molecule has 0 atom stereocenters. The fourth-order valence-electron chi connectivity index (χ4n) is 2.26. The Hall–Kier alpha value is -0.340. The number of carbonyl (C=O) groups is 1. The van der Waals surface area contributed by atoms with Gasteiger partial charge in [-0.05, 0) is 17.4 Å². The van der Waals surface area contributed by atoms with E-state index in [9.17, 15) is 4.79 Å². The molecule has 3 heteroatoms. The zero-order valence-electron chi connectivity index (χ0n) is 8.67. The molecule has 0 aliphatic heterocycles. The Labute approximate surface area is 99.5 Å². The molecular weight excluding hydrogens is 228 g/mol. The molecule has 1 aliphatic rings. The number of Topliss-reactive ketones (excluding diaryl/α,β-unsaturated/α-hetero) is 1. The molecule has 0 spiro atoms. The van der Waals surface area contributed by atoms with E-state index in [1.54, 1.807) is 0 Å².